The number of aliphatic hydroxyl groups is 1. The highest BCUT2D eigenvalue weighted by atomic mass is 79.9. The number of aromatic nitrogens is 1. The molecule has 0 saturated carbocycles. The van der Waals surface area contributed by atoms with Crippen LogP contribution >= 0.6 is 38.6 Å². The van der Waals surface area contributed by atoms with Gasteiger partial charge in [0.25, 0.3) is 0 Å². The summed E-state index contributed by atoms with van der Waals surface area (Å²) in [7, 11) is -3.60. The number of hydrogen-bond acceptors (Lipinski definition) is 6. The van der Waals surface area contributed by atoms with Gasteiger partial charge < -0.3 is 5.11 Å². The maximum Gasteiger partial charge on any atom is 0.242 e. The molecule has 0 unspecified atom stereocenters. The van der Waals surface area contributed by atoms with Crippen LogP contribution < -0.4 is 4.72 Å². The van der Waals surface area contributed by atoms with Gasteiger partial charge in [0.15, 0.2) is 0 Å². The Hall–Kier alpha value is -0.320. The van der Waals surface area contributed by atoms with Crippen LogP contribution in [0.1, 0.15) is 14.8 Å². The summed E-state index contributed by atoms with van der Waals surface area (Å²) in [5.74, 6) is 0. The highest BCUT2D eigenvalue weighted by molar-refractivity contribution is 9.11. The number of thiophene rings is 1. The summed E-state index contributed by atoms with van der Waals surface area (Å²) < 4.78 is 27.2. The minimum absolute atomic E-state index is 0.148. The minimum Gasteiger partial charge on any atom is -0.391 e. The third-order valence-corrected chi connectivity index (χ3v) is 6.79. The number of nitrogens with zero attached hydrogens (tertiary/aromatic N) is 1. The Balaban J connectivity index is 2.15. The lowest BCUT2D eigenvalue weighted by Gasteiger charge is -2.03. The molecule has 0 aliphatic heterocycles. The Morgan fingerprint density at radius 3 is 2.74 bits per heavy atom. The fourth-order valence-electron chi connectivity index (χ4n) is 1.38. The highest BCUT2D eigenvalue weighted by Crippen LogP contribution is 2.31. The second-order valence-corrected chi connectivity index (χ2v) is 9.21. The quantitative estimate of drug-likeness (QED) is 0.830. The molecule has 2 N–H and O–H groups in total. The molecule has 2 aromatic rings. The second kappa shape index (κ2) is 5.98. The van der Waals surface area contributed by atoms with Gasteiger partial charge in [-0.3, -0.25) is 0 Å². The van der Waals surface area contributed by atoms with Gasteiger partial charge >= 0.3 is 0 Å². The van der Waals surface area contributed by atoms with Gasteiger partial charge in [0.2, 0.25) is 10.0 Å². The number of halogens is 1. The Morgan fingerprint density at radius 2 is 2.21 bits per heavy atom. The number of aliphatic hydroxyl groups excluding tert-OH is 1. The van der Waals surface area contributed by atoms with Crippen LogP contribution in [0.3, 0.4) is 0 Å². The first kappa shape index (κ1) is 15.1. The van der Waals surface area contributed by atoms with E-state index in [1.807, 2.05) is 6.92 Å². The molecule has 0 aliphatic rings. The largest absolute Gasteiger partial charge is 0.391 e. The van der Waals surface area contributed by atoms with Gasteiger partial charge in [0, 0.05) is 16.0 Å². The van der Waals surface area contributed by atoms with Crippen molar-refractivity contribution in [1.82, 2.24) is 9.71 Å². The molecular weight excluding hydrogens is 372 g/mol. The summed E-state index contributed by atoms with van der Waals surface area (Å²) in [5, 5.41) is 9.74. The van der Waals surface area contributed by atoms with E-state index in [2.05, 4.69) is 25.6 Å². The predicted molar refractivity (Wildman–Crippen MR) is 78.8 cm³/mol. The van der Waals surface area contributed by atoms with Gasteiger partial charge in [-0.2, -0.15) is 0 Å². The van der Waals surface area contributed by atoms with Crippen LogP contribution in [0.4, 0.5) is 0 Å². The second-order valence-electron chi connectivity index (χ2n) is 3.70. The van der Waals surface area contributed by atoms with Crippen LogP contribution in [0.25, 0.3) is 0 Å². The zero-order valence-electron chi connectivity index (χ0n) is 9.88. The number of nitrogens with one attached hydrogen (secondary N) is 1. The van der Waals surface area contributed by atoms with Crippen LogP contribution in [0, 0.1) is 6.92 Å². The molecule has 0 aromatic carbocycles. The maximum atomic E-state index is 12.1. The third-order valence-electron chi connectivity index (χ3n) is 2.23. The number of hydrogen-bond donors (Lipinski definition) is 2. The van der Waals surface area contributed by atoms with E-state index in [0.29, 0.717) is 8.66 Å². The van der Waals surface area contributed by atoms with E-state index in [1.54, 1.807) is 6.20 Å². The Kier molecular flexibility index (Phi) is 4.75. The summed E-state index contributed by atoms with van der Waals surface area (Å²) in [4.78, 5) is 5.88. The van der Waals surface area contributed by atoms with E-state index < -0.39 is 10.0 Å². The van der Waals surface area contributed by atoms with Gasteiger partial charge in [-0.05, 0) is 28.9 Å². The van der Waals surface area contributed by atoms with Crippen molar-refractivity contribution in [3.63, 3.8) is 0 Å². The molecule has 0 amide bonds. The van der Waals surface area contributed by atoms with Crippen molar-refractivity contribution in [2.24, 2.45) is 0 Å². The van der Waals surface area contributed by atoms with Crippen molar-refractivity contribution in [3.05, 3.63) is 30.8 Å². The molecule has 5 nitrogen and oxygen atoms in total. The average molecular weight is 383 g/mol. The number of thiazole rings is 1. The van der Waals surface area contributed by atoms with Crippen molar-refractivity contribution in [2.45, 2.75) is 25.0 Å². The standard InChI is InChI=1S/C10H11BrN2O3S3/c1-6-3-12-9(17-6)4-13-19(15,16)8-2-7(5-14)18-10(8)11/h2-3,13-14H,4-5H2,1H3. The van der Waals surface area contributed by atoms with Crippen LogP contribution in [-0.4, -0.2) is 18.5 Å². The van der Waals surface area contributed by atoms with Crippen LogP contribution in [0.2, 0.25) is 0 Å². The van der Waals surface area contributed by atoms with Crippen molar-refractivity contribution in [2.75, 3.05) is 0 Å². The molecule has 0 fully saturated rings. The van der Waals surface area contributed by atoms with E-state index >= 15 is 0 Å². The van der Waals surface area contributed by atoms with Gasteiger partial charge in [0.05, 0.1) is 16.9 Å². The zero-order valence-corrected chi connectivity index (χ0v) is 13.9. The van der Waals surface area contributed by atoms with Crippen LogP contribution in [0.15, 0.2) is 20.9 Å². The molecule has 2 aromatic heterocycles. The molecule has 0 aliphatic carbocycles. The first-order valence-electron chi connectivity index (χ1n) is 5.22. The lowest BCUT2D eigenvalue weighted by atomic mass is 10.5. The van der Waals surface area contributed by atoms with E-state index in [0.717, 1.165) is 9.88 Å². The van der Waals surface area contributed by atoms with E-state index in [4.69, 9.17) is 5.11 Å². The van der Waals surface area contributed by atoms with Crippen molar-refractivity contribution in [3.8, 4) is 0 Å². The molecule has 0 spiro atoms. The molecule has 0 saturated heterocycles. The van der Waals surface area contributed by atoms with Gasteiger partial charge in [0.1, 0.15) is 9.90 Å². The molecule has 0 bridgehead atoms. The van der Waals surface area contributed by atoms with Crippen molar-refractivity contribution in [1.29, 1.82) is 0 Å². The molecule has 2 rings (SSSR count). The van der Waals surface area contributed by atoms with Gasteiger partial charge in [-0.25, -0.2) is 18.1 Å². The van der Waals surface area contributed by atoms with Crippen molar-refractivity contribution < 1.29 is 13.5 Å². The smallest absolute Gasteiger partial charge is 0.242 e. The monoisotopic (exact) mass is 382 g/mol. The SMILES string of the molecule is Cc1cnc(CNS(=O)(=O)c2cc(CO)sc2Br)s1. The lowest BCUT2D eigenvalue weighted by Crippen LogP contribution is -2.23. The van der Waals surface area contributed by atoms with E-state index in [1.165, 1.54) is 28.7 Å². The topological polar surface area (TPSA) is 79.3 Å². The zero-order chi connectivity index (χ0) is 14.0. The molecule has 9 heteroatoms. The molecular formula is C10H11BrN2O3S3. The number of rotatable bonds is 5. The summed E-state index contributed by atoms with van der Waals surface area (Å²) in [6.07, 6.45) is 1.71. The summed E-state index contributed by atoms with van der Waals surface area (Å²) >= 11 is 5.85. The Bertz CT molecular complexity index is 678. The predicted octanol–water partition coefficient (Wildman–Crippen LogP) is 2.25. The normalized spacial score (nSPS) is 11.9. The molecule has 2 heterocycles. The van der Waals surface area contributed by atoms with Gasteiger partial charge in [-0.1, -0.05) is 0 Å². The fourth-order valence-corrected chi connectivity index (χ4v) is 5.72. The van der Waals surface area contributed by atoms with Crippen LogP contribution in [0.5, 0.6) is 0 Å². The first-order valence-corrected chi connectivity index (χ1v) is 9.13. The summed E-state index contributed by atoms with van der Waals surface area (Å²) in [6.45, 7) is 1.90. The summed E-state index contributed by atoms with van der Waals surface area (Å²) in [6, 6.07) is 1.46. The van der Waals surface area contributed by atoms with E-state index in [-0.39, 0.29) is 18.0 Å². The molecule has 0 atom stereocenters. The van der Waals surface area contributed by atoms with Crippen molar-refractivity contribution >= 4 is 48.6 Å². The Labute approximate surface area is 127 Å². The van der Waals surface area contributed by atoms with E-state index in [9.17, 15) is 8.42 Å². The summed E-state index contributed by atoms with van der Waals surface area (Å²) in [5.41, 5.74) is 0. The molecule has 104 valence electrons. The average Bonchev–Trinajstić information content (AvgIpc) is 2.93. The highest BCUT2D eigenvalue weighted by Gasteiger charge is 2.20. The van der Waals surface area contributed by atoms with Gasteiger partial charge in [-0.15, -0.1) is 22.7 Å². The first-order chi connectivity index (χ1) is 8.92. The molecule has 19 heavy (non-hydrogen) atoms. The molecule has 0 radical (unpaired) electrons. The maximum absolute atomic E-state index is 12.1. The minimum atomic E-state index is -3.60. The Morgan fingerprint density at radius 1 is 1.47 bits per heavy atom. The fraction of sp³-hybridized carbons (Fsp3) is 0.300. The van der Waals surface area contributed by atoms with Crippen LogP contribution in [-0.2, 0) is 23.2 Å². The number of aryl methyl sites for hydroxylation is 1. The lowest BCUT2D eigenvalue weighted by molar-refractivity contribution is 0.285. The number of sulfonamides is 1. The third kappa shape index (κ3) is 3.61.